The first-order valence-electron chi connectivity index (χ1n) is 10.6. The zero-order chi connectivity index (χ0) is 18.8. The summed E-state index contributed by atoms with van der Waals surface area (Å²) in [6, 6.07) is 10.7. The summed E-state index contributed by atoms with van der Waals surface area (Å²) < 4.78 is 0. The van der Waals surface area contributed by atoms with E-state index in [1.54, 1.807) is 0 Å². The lowest BCUT2D eigenvalue weighted by molar-refractivity contribution is 0.0685. The predicted molar refractivity (Wildman–Crippen MR) is 111 cm³/mol. The van der Waals surface area contributed by atoms with Crippen LogP contribution < -0.4 is 4.90 Å². The van der Waals surface area contributed by atoms with Crippen molar-refractivity contribution < 1.29 is 4.79 Å². The van der Waals surface area contributed by atoms with Gasteiger partial charge in [-0.1, -0.05) is 44.4 Å². The Morgan fingerprint density at radius 1 is 1.11 bits per heavy atom. The Morgan fingerprint density at radius 3 is 2.67 bits per heavy atom. The zero-order valence-electron chi connectivity index (χ0n) is 16.7. The summed E-state index contributed by atoms with van der Waals surface area (Å²) in [4.78, 5) is 22.6. The van der Waals surface area contributed by atoms with Crippen molar-refractivity contribution in [2.75, 3.05) is 25.0 Å². The van der Waals surface area contributed by atoms with E-state index in [1.807, 2.05) is 35.2 Å². The number of benzene rings is 1. The normalized spacial score (nSPS) is 21.4. The second-order valence-electron chi connectivity index (χ2n) is 8.45. The van der Waals surface area contributed by atoms with Gasteiger partial charge >= 0.3 is 0 Å². The van der Waals surface area contributed by atoms with E-state index in [0.717, 1.165) is 41.8 Å². The Kier molecular flexibility index (Phi) is 5.33. The molecule has 144 valence electrons. The first-order chi connectivity index (χ1) is 13.1. The summed E-state index contributed by atoms with van der Waals surface area (Å²) in [7, 11) is 2.14. The number of nitrogens with zero attached hydrogens (tertiary/aromatic N) is 3. The molecule has 1 aromatic heterocycles. The molecule has 2 aromatic rings. The number of fused-ring (bicyclic) bond motifs is 1. The molecule has 1 aliphatic carbocycles. The van der Waals surface area contributed by atoms with Crippen LogP contribution in [0.15, 0.2) is 30.3 Å². The van der Waals surface area contributed by atoms with Gasteiger partial charge in [-0.05, 0) is 43.7 Å². The van der Waals surface area contributed by atoms with E-state index in [1.165, 1.54) is 38.5 Å². The van der Waals surface area contributed by atoms with Gasteiger partial charge in [0.1, 0.15) is 5.82 Å². The van der Waals surface area contributed by atoms with Gasteiger partial charge in [0.05, 0.1) is 11.1 Å². The van der Waals surface area contributed by atoms with Gasteiger partial charge in [-0.3, -0.25) is 4.79 Å². The maximum atomic E-state index is 13.4. The van der Waals surface area contributed by atoms with Crippen LogP contribution in [0.2, 0.25) is 0 Å². The Bertz CT molecular complexity index is 812. The summed E-state index contributed by atoms with van der Waals surface area (Å²) in [6.45, 7) is 3.98. The van der Waals surface area contributed by atoms with Crippen molar-refractivity contribution in [1.82, 2.24) is 9.88 Å². The van der Waals surface area contributed by atoms with E-state index in [4.69, 9.17) is 4.98 Å². The molecule has 0 N–H and O–H groups in total. The summed E-state index contributed by atoms with van der Waals surface area (Å²) in [5, 5.41) is 0.974. The molecule has 2 aliphatic rings. The van der Waals surface area contributed by atoms with Crippen molar-refractivity contribution in [3.63, 3.8) is 0 Å². The van der Waals surface area contributed by atoms with E-state index in [9.17, 15) is 4.79 Å². The first-order valence-corrected chi connectivity index (χ1v) is 10.6. The van der Waals surface area contributed by atoms with Crippen LogP contribution in [-0.2, 0) is 0 Å². The van der Waals surface area contributed by atoms with Gasteiger partial charge < -0.3 is 9.80 Å². The number of aromatic nitrogens is 1. The monoisotopic (exact) mass is 365 g/mol. The van der Waals surface area contributed by atoms with Crippen LogP contribution in [0.3, 0.4) is 0 Å². The summed E-state index contributed by atoms with van der Waals surface area (Å²) in [5.74, 6) is 1.69. The molecular weight excluding hydrogens is 334 g/mol. The third kappa shape index (κ3) is 3.80. The van der Waals surface area contributed by atoms with Crippen LogP contribution >= 0.6 is 0 Å². The van der Waals surface area contributed by atoms with Crippen molar-refractivity contribution in [3.05, 3.63) is 35.9 Å². The molecule has 0 spiro atoms. The summed E-state index contributed by atoms with van der Waals surface area (Å²) in [6.07, 6.45) is 8.68. The van der Waals surface area contributed by atoms with E-state index in [0.29, 0.717) is 12.0 Å². The van der Waals surface area contributed by atoms with E-state index >= 15 is 0 Å². The molecule has 0 radical (unpaired) electrons. The molecule has 4 nitrogen and oxygen atoms in total. The molecule has 4 rings (SSSR count). The predicted octanol–water partition coefficient (Wildman–Crippen LogP) is 4.88. The van der Waals surface area contributed by atoms with Gasteiger partial charge in [-0.15, -0.1) is 0 Å². The standard InChI is InChI=1S/C23H31N3O/c1-17-9-8-14-26(16-17)23(27)20-15-22(24-21-13-7-6-12-19(20)21)25(2)18-10-4-3-5-11-18/h6-7,12-13,15,17-18H,3-5,8-11,14,16H2,1-2H3/t17-/m0/s1. The Morgan fingerprint density at radius 2 is 1.89 bits per heavy atom. The topological polar surface area (TPSA) is 36.4 Å². The van der Waals surface area contributed by atoms with Crippen LogP contribution in [0.25, 0.3) is 10.9 Å². The average Bonchev–Trinajstić information content (AvgIpc) is 2.72. The highest BCUT2D eigenvalue weighted by Crippen LogP contribution is 2.29. The molecule has 1 saturated heterocycles. The number of anilines is 1. The third-order valence-corrected chi connectivity index (χ3v) is 6.36. The number of para-hydroxylation sites is 1. The number of pyridine rings is 1. The highest BCUT2D eigenvalue weighted by atomic mass is 16.2. The van der Waals surface area contributed by atoms with Crippen molar-refractivity contribution >= 4 is 22.6 Å². The van der Waals surface area contributed by atoms with E-state index < -0.39 is 0 Å². The van der Waals surface area contributed by atoms with Crippen LogP contribution in [0.4, 0.5) is 5.82 Å². The number of hydrogen-bond acceptors (Lipinski definition) is 3. The van der Waals surface area contributed by atoms with Gasteiger partial charge in [-0.2, -0.15) is 0 Å². The summed E-state index contributed by atoms with van der Waals surface area (Å²) >= 11 is 0. The largest absolute Gasteiger partial charge is 0.357 e. The van der Waals surface area contributed by atoms with Crippen LogP contribution in [0.1, 0.15) is 62.2 Å². The van der Waals surface area contributed by atoms with Gasteiger partial charge in [0.2, 0.25) is 0 Å². The summed E-state index contributed by atoms with van der Waals surface area (Å²) in [5.41, 5.74) is 1.73. The van der Waals surface area contributed by atoms with Crippen molar-refractivity contribution in [2.45, 2.75) is 57.9 Å². The zero-order valence-corrected chi connectivity index (χ0v) is 16.7. The molecule has 0 unspecified atom stereocenters. The molecule has 1 amide bonds. The Balaban J connectivity index is 1.71. The molecule has 27 heavy (non-hydrogen) atoms. The van der Waals surface area contributed by atoms with Crippen molar-refractivity contribution in [2.24, 2.45) is 5.92 Å². The minimum Gasteiger partial charge on any atom is -0.357 e. The number of carbonyl (C=O) groups excluding carboxylic acids is 1. The molecule has 0 bridgehead atoms. The number of rotatable bonds is 3. The number of piperidine rings is 1. The minimum absolute atomic E-state index is 0.165. The molecule has 1 saturated carbocycles. The van der Waals surface area contributed by atoms with Crippen LogP contribution in [0, 0.1) is 5.92 Å². The molecule has 4 heteroatoms. The first kappa shape index (κ1) is 18.3. The van der Waals surface area contributed by atoms with Crippen LogP contribution in [0.5, 0.6) is 0 Å². The molecule has 2 fully saturated rings. The molecule has 1 atom stereocenters. The van der Waals surface area contributed by atoms with E-state index in [2.05, 4.69) is 18.9 Å². The molecule has 2 heterocycles. The Labute approximate surface area is 162 Å². The number of carbonyl (C=O) groups is 1. The lowest BCUT2D eigenvalue weighted by Crippen LogP contribution is -2.39. The van der Waals surface area contributed by atoms with Crippen molar-refractivity contribution in [3.8, 4) is 0 Å². The SMILES string of the molecule is C[C@H]1CCCN(C(=O)c2cc(N(C)C3CCCCC3)nc3ccccc23)C1. The third-order valence-electron chi connectivity index (χ3n) is 6.36. The molecule has 1 aromatic carbocycles. The average molecular weight is 366 g/mol. The number of hydrogen-bond donors (Lipinski definition) is 0. The number of likely N-dealkylation sites (tertiary alicyclic amines) is 1. The smallest absolute Gasteiger partial charge is 0.254 e. The minimum atomic E-state index is 0.165. The quantitative estimate of drug-likeness (QED) is 0.778. The fourth-order valence-corrected chi connectivity index (χ4v) is 4.72. The maximum Gasteiger partial charge on any atom is 0.254 e. The van der Waals surface area contributed by atoms with Gasteiger partial charge in [-0.25, -0.2) is 4.98 Å². The second-order valence-corrected chi connectivity index (χ2v) is 8.45. The fourth-order valence-electron chi connectivity index (χ4n) is 4.72. The highest BCUT2D eigenvalue weighted by molar-refractivity contribution is 6.07. The van der Waals surface area contributed by atoms with Gasteiger partial charge in [0.25, 0.3) is 5.91 Å². The number of amides is 1. The lowest BCUT2D eigenvalue weighted by Gasteiger charge is -2.33. The maximum absolute atomic E-state index is 13.4. The van der Waals surface area contributed by atoms with E-state index in [-0.39, 0.29) is 5.91 Å². The second kappa shape index (κ2) is 7.87. The molecule has 1 aliphatic heterocycles. The highest BCUT2D eigenvalue weighted by Gasteiger charge is 2.26. The van der Waals surface area contributed by atoms with Gasteiger partial charge in [0.15, 0.2) is 0 Å². The fraction of sp³-hybridized carbons (Fsp3) is 0.565. The Hall–Kier alpha value is -2.10. The molecular formula is C23H31N3O. The van der Waals surface area contributed by atoms with Crippen LogP contribution in [-0.4, -0.2) is 42.0 Å². The lowest BCUT2D eigenvalue weighted by atomic mass is 9.94. The van der Waals surface area contributed by atoms with Crippen molar-refractivity contribution in [1.29, 1.82) is 0 Å². The van der Waals surface area contributed by atoms with Gasteiger partial charge in [0, 0.05) is 31.6 Å².